The van der Waals surface area contributed by atoms with Crippen molar-refractivity contribution in [1.29, 1.82) is 0 Å². The van der Waals surface area contributed by atoms with Crippen molar-refractivity contribution >= 4 is 0 Å². The highest BCUT2D eigenvalue weighted by atomic mass is 16.6. The quantitative estimate of drug-likeness (QED) is 0.600. The van der Waals surface area contributed by atoms with Crippen LogP contribution >= 0.6 is 0 Å². The molecule has 0 aliphatic carbocycles. The highest BCUT2D eigenvalue weighted by Crippen LogP contribution is 2.26. The fraction of sp³-hybridized carbons (Fsp3) is 0.400. The summed E-state index contributed by atoms with van der Waals surface area (Å²) >= 11 is 0. The van der Waals surface area contributed by atoms with Crippen molar-refractivity contribution in [1.82, 2.24) is 4.90 Å². The number of aliphatic hydroxyl groups excluding tert-OH is 4. The van der Waals surface area contributed by atoms with Crippen LogP contribution in [-0.4, -0.2) is 62.6 Å². The lowest BCUT2D eigenvalue weighted by Gasteiger charge is -2.45. The number of hydrogen-bond donors (Lipinski definition) is 4. The van der Waals surface area contributed by atoms with E-state index in [4.69, 9.17) is 4.74 Å². The Labute approximate surface area is 152 Å². The van der Waals surface area contributed by atoms with Gasteiger partial charge < -0.3 is 25.2 Å². The summed E-state index contributed by atoms with van der Waals surface area (Å²) in [5, 5.41) is 40.5. The smallest absolute Gasteiger partial charge is 0.173 e. The lowest BCUT2D eigenvalue weighted by Crippen LogP contribution is -2.63. The third-order valence-corrected chi connectivity index (χ3v) is 4.75. The number of nitrogens with zero attached hydrogens (tertiary/aromatic N) is 1. The molecule has 0 amide bonds. The first-order valence-electron chi connectivity index (χ1n) is 8.72. The zero-order chi connectivity index (χ0) is 18.5. The summed E-state index contributed by atoms with van der Waals surface area (Å²) in [5.74, 6) is 0. The van der Waals surface area contributed by atoms with Crippen molar-refractivity contribution in [2.75, 3.05) is 6.61 Å². The van der Waals surface area contributed by atoms with E-state index in [0.29, 0.717) is 13.1 Å². The second kappa shape index (κ2) is 8.73. The van der Waals surface area contributed by atoms with E-state index in [0.717, 1.165) is 11.1 Å². The minimum absolute atomic E-state index is 0.467. The maximum atomic E-state index is 10.6. The van der Waals surface area contributed by atoms with Gasteiger partial charge in [0.05, 0.1) is 12.6 Å². The summed E-state index contributed by atoms with van der Waals surface area (Å²) in [4.78, 5) is 1.89. The third-order valence-electron chi connectivity index (χ3n) is 4.75. The predicted molar refractivity (Wildman–Crippen MR) is 95.9 cm³/mol. The molecule has 1 heterocycles. The molecule has 0 aromatic heterocycles. The van der Waals surface area contributed by atoms with Gasteiger partial charge in [0.25, 0.3) is 0 Å². The molecule has 1 aliphatic rings. The number of ether oxygens (including phenoxy) is 1. The number of aliphatic hydroxyl groups is 4. The first-order valence-corrected chi connectivity index (χ1v) is 8.72. The van der Waals surface area contributed by atoms with Gasteiger partial charge in [-0.2, -0.15) is 0 Å². The fourth-order valence-corrected chi connectivity index (χ4v) is 3.38. The van der Waals surface area contributed by atoms with Gasteiger partial charge in [0.1, 0.15) is 18.3 Å². The molecule has 4 N–H and O–H groups in total. The molecule has 26 heavy (non-hydrogen) atoms. The van der Waals surface area contributed by atoms with Crippen LogP contribution < -0.4 is 0 Å². The van der Waals surface area contributed by atoms with Crippen molar-refractivity contribution in [2.45, 2.75) is 43.7 Å². The van der Waals surface area contributed by atoms with Crippen LogP contribution in [0.2, 0.25) is 0 Å². The summed E-state index contributed by atoms with van der Waals surface area (Å²) in [7, 11) is 0. The van der Waals surface area contributed by atoms with Crippen molar-refractivity contribution in [3.05, 3.63) is 71.8 Å². The molecule has 1 aliphatic heterocycles. The van der Waals surface area contributed by atoms with Gasteiger partial charge in [-0.25, -0.2) is 0 Å². The Kier molecular flexibility index (Phi) is 6.37. The second-order valence-corrected chi connectivity index (χ2v) is 6.60. The van der Waals surface area contributed by atoms with Gasteiger partial charge in [-0.1, -0.05) is 60.7 Å². The zero-order valence-corrected chi connectivity index (χ0v) is 14.4. The molecule has 2 aromatic rings. The fourth-order valence-electron chi connectivity index (χ4n) is 3.38. The highest BCUT2D eigenvalue weighted by Gasteiger charge is 2.46. The predicted octanol–water partition coefficient (Wildman–Crippen LogP) is 0.489. The molecule has 0 bridgehead atoms. The average Bonchev–Trinajstić information content (AvgIpc) is 2.66. The van der Waals surface area contributed by atoms with Crippen molar-refractivity contribution < 1.29 is 25.2 Å². The van der Waals surface area contributed by atoms with Gasteiger partial charge >= 0.3 is 0 Å². The minimum Gasteiger partial charge on any atom is -0.394 e. The molecule has 1 fully saturated rings. The first-order chi connectivity index (χ1) is 12.6. The molecule has 1 unspecified atom stereocenters. The Morgan fingerprint density at radius 3 is 1.73 bits per heavy atom. The summed E-state index contributed by atoms with van der Waals surface area (Å²) in [6, 6.07) is 18.6. The molecule has 0 radical (unpaired) electrons. The van der Waals surface area contributed by atoms with Crippen LogP contribution in [0.15, 0.2) is 60.7 Å². The van der Waals surface area contributed by atoms with Gasteiger partial charge in [-0.15, -0.1) is 0 Å². The molecule has 3 rings (SSSR count). The van der Waals surface area contributed by atoms with Gasteiger partial charge in [-0.3, -0.25) is 4.90 Å². The van der Waals surface area contributed by atoms with E-state index in [9.17, 15) is 20.4 Å². The van der Waals surface area contributed by atoms with E-state index in [2.05, 4.69) is 0 Å². The van der Waals surface area contributed by atoms with E-state index in [-0.39, 0.29) is 0 Å². The highest BCUT2D eigenvalue weighted by molar-refractivity contribution is 5.18. The normalized spacial score (nSPS) is 29.0. The van der Waals surface area contributed by atoms with Crippen LogP contribution in [0, 0.1) is 0 Å². The van der Waals surface area contributed by atoms with E-state index >= 15 is 0 Å². The van der Waals surface area contributed by atoms with Crippen LogP contribution in [0.25, 0.3) is 0 Å². The Morgan fingerprint density at radius 1 is 0.769 bits per heavy atom. The lowest BCUT2D eigenvalue weighted by atomic mass is 9.95. The van der Waals surface area contributed by atoms with Crippen LogP contribution in [0.4, 0.5) is 0 Å². The van der Waals surface area contributed by atoms with Gasteiger partial charge in [0, 0.05) is 13.1 Å². The van der Waals surface area contributed by atoms with Gasteiger partial charge in [0.2, 0.25) is 0 Å². The Balaban J connectivity index is 1.86. The van der Waals surface area contributed by atoms with Gasteiger partial charge in [0.15, 0.2) is 6.29 Å². The maximum Gasteiger partial charge on any atom is 0.173 e. The van der Waals surface area contributed by atoms with E-state index in [1.54, 1.807) is 0 Å². The van der Waals surface area contributed by atoms with Crippen molar-refractivity contribution in [2.24, 2.45) is 0 Å². The largest absolute Gasteiger partial charge is 0.394 e. The Bertz CT molecular complexity index is 627. The Hall–Kier alpha value is -1.80. The minimum atomic E-state index is -1.32. The topological polar surface area (TPSA) is 93.4 Å². The monoisotopic (exact) mass is 359 g/mol. The lowest BCUT2D eigenvalue weighted by molar-refractivity contribution is -0.274. The van der Waals surface area contributed by atoms with Crippen molar-refractivity contribution in [3.8, 4) is 0 Å². The van der Waals surface area contributed by atoms with Crippen molar-refractivity contribution in [3.63, 3.8) is 0 Å². The molecule has 5 atom stereocenters. The molecule has 140 valence electrons. The summed E-state index contributed by atoms with van der Waals surface area (Å²) in [5.41, 5.74) is 2.03. The molecular formula is C20H25NO5. The molecular weight excluding hydrogens is 334 g/mol. The van der Waals surface area contributed by atoms with Crippen LogP contribution in [0.1, 0.15) is 11.1 Å². The van der Waals surface area contributed by atoms with E-state index in [1.807, 2.05) is 65.6 Å². The molecule has 0 saturated carbocycles. The number of hydrogen-bond acceptors (Lipinski definition) is 6. The molecule has 2 aromatic carbocycles. The molecule has 6 nitrogen and oxygen atoms in total. The van der Waals surface area contributed by atoms with E-state index in [1.165, 1.54) is 0 Å². The summed E-state index contributed by atoms with van der Waals surface area (Å²) in [6.07, 6.45) is -4.85. The van der Waals surface area contributed by atoms with Crippen LogP contribution in [0.3, 0.4) is 0 Å². The van der Waals surface area contributed by atoms with E-state index < -0.39 is 37.3 Å². The number of rotatable bonds is 6. The number of benzene rings is 2. The van der Waals surface area contributed by atoms with Gasteiger partial charge in [-0.05, 0) is 11.1 Å². The molecule has 1 saturated heterocycles. The van der Waals surface area contributed by atoms with Crippen LogP contribution in [0.5, 0.6) is 0 Å². The average molecular weight is 359 g/mol. The zero-order valence-electron chi connectivity index (χ0n) is 14.4. The maximum absolute atomic E-state index is 10.6. The molecule has 0 spiro atoms. The summed E-state index contributed by atoms with van der Waals surface area (Å²) in [6.45, 7) is 0.460. The Morgan fingerprint density at radius 2 is 1.27 bits per heavy atom. The molecule has 6 heteroatoms. The third kappa shape index (κ3) is 4.29. The van der Waals surface area contributed by atoms with Crippen LogP contribution in [-0.2, 0) is 17.8 Å². The first kappa shape index (κ1) is 19.0. The SMILES string of the molecule is OC[C@H]1OC(O)[C@H](N(Cc2ccccc2)Cc2ccccc2)[C@@H](O)[C@@H]1O. The standard InChI is InChI=1S/C20H25NO5/c22-13-16-18(23)19(24)17(20(25)26-16)21(11-14-7-3-1-4-8-14)12-15-9-5-2-6-10-15/h1-10,16-20,22-25H,11-13H2/t16-,17-,18-,19-,20?/m1/s1. The summed E-state index contributed by atoms with van der Waals surface area (Å²) < 4.78 is 5.34. The second-order valence-electron chi connectivity index (χ2n) is 6.60.